The van der Waals surface area contributed by atoms with E-state index in [2.05, 4.69) is 0 Å². The molecule has 0 unspecified atom stereocenters. The number of nitro groups is 1. The number of aryl methyl sites for hydroxylation is 2. The molecular weight excluding hydrogens is 288 g/mol. The van der Waals surface area contributed by atoms with Crippen LogP contribution in [0.15, 0.2) is 36.5 Å². The van der Waals surface area contributed by atoms with E-state index in [1.165, 1.54) is 17.8 Å². The van der Waals surface area contributed by atoms with Gasteiger partial charge in [0.15, 0.2) is 12.4 Å². The van der Waals surface area contributed by atoms with Gasteiger partial charge in [-0.25, -0.2) is 4.79 Å². The highest BCUT2D eigenvalue weighted by Crippen LogP contribution is 2.16. The van der Waals surface area contributed by atoms with Gasteiger partial charge < -0.3 is 9.30 Å². The highest BCUT2D eigenvalue weighted by molar-refractivity contribution is 5.99. The highest BCUT2D eigenvalue weighted by atomic mass is 16.6. The second kappa shape index (κ2) is 6.21. The molecule has 0 N–H and O–H groups in total. The topological polar surface area (TPSA) is 91.4 Å². The van der Waals surface area contributed by atoms with Crippen LogP contribution in [0, 0.1) is 17.0 Å². The zero-order valence-corrected chi connectivity index (χ0v) is 12.1. The standard InChI is InChI=1S/C15H14N2O5/c1-10-3-5-11(6-4-10)14(18)9-22-15(19)13-7-12(17(20)21)8-16(13)2/h3-8H,9H2,1-2H3. The first-order valence-corrected chi connectivity index (χ1v) is 6.46. The minimum absolute atomic E-state index is 0.0170. The zero-order valence-electron chi connectivity index (χ0n) is 12.1. The molecule has 0 amide bonds. The van der Waals surface area contributed by atoms with E-state index in [-0.39, 0.29) is 17.2 Å². The summed E-state index contributed by atoms with van der Waals surface area (Å²) in [5, 5.41) is 10.7. The van der Waals surface area contributed by atoms with Gasteiger partial charge in [-0.05, 0) is 6.92 Å². The molecule has 0 atom stereocenters. The maximum absolute atomic E-state index is 11.9. The van der Waals surface area contributed by atoms with Crippen molar-refractivity contribution in [3.05, 3.63) is 63.5 Å². The number of aromatic nitrogens is 1. The van der Waals surface area contributed by atoms with Crippen LogP contribution < -0.4 is 0 Å². The molecule has 0 aliphatic rings. The largest absolute Gasteiger partial charge is 0.453 e. The van der Waals surface area contributed by atoms with Gasteiger partial charge in [-0.3, -0.25) is 14.9 Å². The van der Waals surface area contributed by atoms with Crippen LogP contribution in [0.3, 0.4) is 0 Å². The van der Waals surface area contributed by atoms with Crippen LogP contribution in [-0.4, -0.2) is 27.8 Å². The summed E-state index contributed by atoms with van der Waals surface area (Å²) in [5.74, 6) is -1.12. The Kier molecular flexibility index (Phi) is 4.36. The van der Waals surface area contributed by atoms with Crippen LogP contribution in [-0.2, 0) is 11.8 Å². The lowest BCUT2D eigenvalue weighted by Gasteiger charge is -2.05. The van der Waals surface area contributed by atoms with Gasteiger partial charge >= 0.3 is 5.97 Å². The summed E-state index contributed by atoms with van der Waals surface area (Å²) >= 11 is 0. The third-order valence-electron chi connectivity index (χ3n) is 3.12. The Balaban J connectivity index is 2.02. The molecule has 22 heavy (non-hydrogen) atoms. The summed E-state index contributed by atoms with van der Waals surface area (Å²) < 4.78 is 6.21. The molecule has 0 saturated carbocycles. The first kappa shape index (κ1) is 15.4. The molecule has 1 aromatic carbocycles. The average molecular weight is 302 g/mol. The van der Waals surface area contributed by atoms with Gasteiger partial charge in [0.05, 0.1) is 11.1 Å². The first-order valence-electron chi connectivity index (χ1n) is 6.46. The Labute approximate surface area is 126 Å². The molecule has 2 aromatic rings. The van der Waals surface area contributed by atoms with Gasteiger partial charge in [0, 0.05) is 18.7 Å². The predicted octanol–water partition coefficient (Wildman–Crippen LogP) is 2.28. The lowest BCUT2D eigenvalue weighted by Crippen LogP contribution is -2.16. The van der Waals surface area contributed by atoms with Gasteiger partial charge in [-0.15, -0.1) is 0 Å². The van der Waals surface area contributed by atoms with E-state index < -0.39 is 17.5 Å². The van der Waals surface area contributed by atoms with Crippen molar-refractivity contribution in [2.45, 2.75) is 6.92 Å². The first-order chi connectivity index (χ1) is 10.4. The second-order valence-electron chi connectivity index (χ2n) is 4.82. The zero-order chi connectivity index (χ0) is 16.3. The number of nitrogens with zero attached hydrogens (tertiary/aromatic N) is 2. The lowest BCUT2D eigenvalue weighted by molar-refractivity contribution is -0.384. The molecule has 0 aliphatic heterocycles. The van der Waals surface area contributed by atoms with E-state index in [0.717, 1.165) is 11.6 Å². The summed E-state index contributed by atoms with van der Waals surface area (Å²) in [7, 11) is 1.49. The summed E-state index contributed by atoms with van der Waals surface area (Å²) in [6.07, 6.45) is 1.21. The summed E-state index contributed by atoms with van der Waals surface area (Å²) in [6.45, 7) is 1.48. The van der Waals surface area contributed by atoms with Crippen molar-refractivity contribution >= 4 is 17.4 Å². The molecule has 2 rings (SSSR count). The Bertz CT molecular complexity index is 731. The molecule has 7 heteroatoms. The number of benzene rings is 1. The Hall–Kier alpha value is -2.96. The second-order valence-corrected chi connectivity index (χ2v) is 4.82. The van der Waals surface area contributed by atoms with Crippen molar-refractivity contribution < 1.29 is 19.2 Å². The molecule has 1 aromatic heterocycles. The van der Waals surface area contributed by atoms with Crippen LogP contribution in [0.25, 0.3) is 0 Å². The number of esters is 1. The Morgan fingerprint density at radius 2 is 1.91 bits per heavy atom. The van der Waals surface area contributed by atoms with E-state index >= 15 is 0 Å². The molecular formula is C15H14N2O5. The van der Waals surface area contributed by atoms with Crippen LogP contribution in [0.2, 0.25) is 0 Å². The maximum Gasteiger partial charge on any atom is 0.355 e. The van der Waals surface area contributed by atoms with Gasteiger partial charge in [0.25, 0.3) is 5.69 Å². The third kappa shape index (κ3) is 3.38. The lowest BCUT2D eigenvalue weighted by atomic mass is 10.1. The SMILES string of the molecule is Cc1ccc(C(=O)COC(=O)c2cc([N+](=O)[O-])cn2C)cc1. The van der Waals surface area contributed by atoms with Crippen molar-refractivity contribution in [1.29, 1.82) is 0 Å². The molecule has 0 fully saturated rings. The molecule has 0 aliphatic carbocycles. The molecule has 7 nitrogen and oxygen atoms in total. The van der Waals surface area contributed by atoms with Gasteiger partial charge in [-0.2, -0.15) is 0 Å². The van der Waals surface area contributed by atoms with E-state index in [1.807, 2.05) is 6.92 Å². The number of hydrogen-bond acceptors (Lipinski definition) is 5. The number of Topliss-reactive ketones (excluding diaryl/α,β-unsaturated/α-hetero) is 1. The van der Waals surface area contributed by atoms with Crippen molar-refractivity contribution in [2.75, 3.05) is 6.61 Å². The maximum atomic E-state index is 11.9. The fraction of sp³-hybridized carbons (Fsp3) is 0.200. The summed E-state index contributed by atoms with van der Waals surface area (Å²) in [6, 6.07) is 7.99. The number of hydrogen-bond donors (Lipinski definition) is 0. The van der Waals surface area contributed by atoms with Crippen LogP contribution in [0.4, 0.5) is 5.69 Å². The van der Waals surface area contributed by atoms with E-state index in [1.54, 1.807) is 24.3 Å². The smallest absolute Gasteiger partial charge is 0.355 e. The van der Waals surface area contributed by atoms with Gasteiger partial charge in [0.1, 0.15) is 5.69 Å². The van der Waals surface area contributed by atoms with E-state index in [9.17, 15) is 19.7 Å². The summed E-state index contributed by atoms with van der Waals surface area (Å²) in [4.78, 5) is 33.8. The Morgan fingerprint density at radius 1 is 1.27 bits per heavy atom. The van der Waals surface area contributed by atoms with Crippen molar-refractivity contribution in [2.24, 2.45) is 7.05 Å². The predicted molar refractivity (Wildman–Crippen MR) is 77.9 cm³/mol. The van der Waals surface area contributed by atoms with E-state index in [0.29, 0.717) is 5.56 Å². The number of carbonyl (C=O) groups is 2. The quantitative estimate of drug-likeness (QED) is 0.366. The van der Waals surface area contributed by atoms with Crippen LogP contribution in [0.5, 0.6) is 0 Å². The van der Waals surface area contributed by atoms with Crippen LogP contribution in [0.1, 0.15) is 26.4 Å². The molecule has 1 heterocycles. The normalized spacial score (nSPS) is 10.3. The monoisotopic (exact) mass is 302 g/mol. The average Bonchev–Trinajstić information content (AvgIpc) is 2.87. The molecule has 0 saturated heterocycles. The number of ether oxygens (including phenoxy) is 1. The molecule has 0 radical (unpaired) electrons. The minimum Gasteiger partial charge on any atom is -0.453 e. The molecule has 114 valence electrons. The van der Waals surface area contributed by atoms with Crippen LogP contribution >= 0.6 is 0 Å². The number of rotatable bonds is 5. The Morgan fingerprint density at radius 3 is 2.45 bits per heavy atom. The highest BCUT2D eigenvalue weighted by Gasteiger charge is 2.19. The van der Waals surface area contributed by atoms with Crippen molar-refractivity contribution in [3.8, 4) is 0 Å². The fourth-order valence-corrected chi connectivity index (χ4v) is 1.88. The molecule has 0 bridgehead atoms. The number of carbonyl (C=O) groups excluding carboxylic acids is 2. The summed E-state index contributed by atoms with van der Waals surface area (Å²) in [5.41, 5.74) is 1.27. The van der Waals surface area contributed by atoms with Crippen molar-refractivity contribution in [1.82, 2.24) is 4.57 Å². The van der Waals surface area contributed by atoms with Gasteiger partial charge in [-0.1, -0.05) is 29.8 Å². The van der Waals surface area contributed by atoms with Gasteiger partial charge in [0.2, 0.25) is 0 Å². The van der Waals surface area contributed by atoms with Crippen molar-refractivity contribution in [3.63, 3.8) is 0 Å². The molecule has 0 spiro atoms. The minimum atomic E-state index is -0.781. The number of ketones is 1. The fourth-order valence-electron chi connectivity index (χ4n) is 1.88. The van der Waals surface area contributed by atoms with E-state index in [4.69, 9.17) is 4.74 Å². The third-order valence-corrected chi connectivity index (χ3v) is 3.12.